The molecular weight excluding hydrogens is 414 g/mol. The number of aromatic amines is 1. The monoisotopic (exact) mass is 447 g/mol. The molecule has 2 aromatic rings. The Kier molecular flexibility index (Phi) is 10.7. The topological polar surface area (TPSA) is 87.9 Å². The van der Waals surface area contributed by atoms with Gasteiger partial charge in [0.2, 0.25) is 5.56 Å². The number of carbonyl (C=O) groups excluding carboxylic acids is 1. The van der Waals surface area contributed by atoms with E-state index >= 15 is 0 Å². The Labute approximate surface area is 190 Å². The third-order valence-corrected chi connectivity index (χ3v) is 5.42. The van der Waals surface area contributed by atoms with E-state index in [4.69, 9.17) is 0 Å². The molecule has 2 heterocycles. The van der Waals surface area contributed by atoms with Crippen LogP contribution in [0.25, 0.3) is 10.9 Å². The molecule has 1 fully saturated rings. The number of carbonyl (C=O) groups is 1. The summed E-state index contributed by atoms with van der Waals surface area (Å²) in [6.07, 6.45) is 6.82. The van der Waals surface area contributed by atoms with Crippen LogP contribution in [0.2, 0.25) is 0 Å². The number of halogens is 1. The summed E-state index contributed by atoms with van der Waals surface area (Å²) in [7, 11) is 0. The molecular formula is C24H34ClN3O3. The van der Waals surface area contributed by atoms with Gasteiger partial charge in [0.25, 0.3) is 5.91 Å². The lowest BCUT2D eigenvalue weighted by Crippen LogP contribution is -2.48. The van der Waals surface area contributed by atoms with Gasteiger partial charge in [-0.2, -0.15) is 0 Å². The minimum Gasteiger partial charge on any atom is -0.412 e. The second kappa shape index (κ2) is 12.4. The van der Waals surface area contributed by atoms with Gasteiger partial charge in [-0.15, -0.1) is 12.4 Å². The third kappa shape index (κ3) is 7.65. The molecule has 1 aromatic heterocycles. The van der Waals surface area contributed by atoms with Crippen molar-refractivity contribution in [2.75, 3.05) is 32.7 Å². The maximum absolute atomic E-state index is 12.9. The van der Waals surface area contributed by atoms with Gasteiger partial charge in [0.05, 0.1) is 0 Å². The molecule has 170 valence electrons. The first kappa shape index (κ1) is 26.6. The van der Waals surface area contributed by atoms with Crippen molar-refractivity contribution in [3.05, 3.63) is 69.5 Å². The Bertz CT molecular complexity index is 985. The maximum atomic E-state index is 12.9. The number of benzene rings is 1. The average Bonchev–Trinajstić information content (AvgIpc) is 2.71. The predicted octanol–water partition coefficient (Wildman–Crippen LogP) is 3.58. The quantitative estimate of drug-likeness (QED) is 0.686. The summed E-state index contributed by atoms with van der Waals surface area (Å²) in [6.45, 7) is 10.7. The van der Waals surface area contributed by atoms with E-state index in [2.05, 4.69) is 42.8 Å². The second-order valence-electron chi connectivity index (χ2n) is 8.09. The summed E-state index contributed by atoms with van der Waals surface area (Å²) in [5.74, 6) is 0.0613. The summed E-state index contributed by atoms with van der Waals surface area (Å²) < 4.78 is 0. The third-order valence-electron chi connectivity index (χ3n) is 5.42. The highest BCUT2D eigenvalue weighted by atomic mass is 35.5. The van der Waals surface area contributed by atoms with E-state index in [1.165, 1.54) is 17.2 Å². The fraction of sp³-hybridized carbons (Fsp3) is 0.417. The molecule has 1 aliphatic rings. The van der Waals surface area contributed by atoms with Crippen molar-refractivity contribution in [1.29, 1.82) is 0 Å². The molecule has 7 heteroatoms. The number of H-pyrrole nitrogens is 1. The normalized spacial score (nSPS) is 14.5. The fourth-order valence-electron chi connectivity index (χ4n) is 3.58. The Morgan fingerprint density at radius 2 is 1.74 bits per heavy atom. The zero-order valence-electron chi connectivity index (χ0n) is 18.6. The molecule has 0 aliphatic carbocycles. The van der Waals surface area contributed by atoms with Gasteiger partial charge in [-0.3, -0.25) is 14.5 Å². The standard InChI is InChI=1S/C24H31N3O2.ClH.H2O/c1-18(2)5-4-6-19(3)11-12-26-13-15-27(16-14-26)24(29)21-7-9-22-20(17-21)8-10-23(28)25-22;;/h5,7-11,17H,4,6,12-16H2,1-3H3,(H,25,28);1H;1H2/b19-11+;;. The molecule has 6 nitrogen and oxygen atoms in total. The first-order valence-corrected chi connectivity index (χ1v) is 10.4. The molecule has 0 atom stereocenters. The van der Waals surface area contributed by atoms with Crippen molar-refractivity contribution in [2.24, 2.45) is 0 Å². The SMILES string of the molecule is CC(C)=CCC/C(C)=C/CN1CCN(C(=O)c2ccc3[nH]c(=O)ccc3c2)CC1.Cl.O. The van der Waals surface area contributed by atoms with Crippen LogP contribution in [0.15, 0.2) is 58.4 Å². The number of amides is 1. The molecule has 1 aromatic carbocycles. The first-order valence-electron chi connectivity index (χ1n) is 10.4. The van der Waals surface area contributed by atoms with Crippen molar-refractivity contribution in [1.82, 2.24) is 14.8 Å². The largest absolute Gasteiger partial charge is 0.412 e. The number of nitrogens with one attached hydrogen (secondary N) is 1. The van der Waals surface area contributed by atoms with Crippen molar-refractivity contribution in [3.8, 4) is 0 Å². The Hall–Kier alpha value is -2.41. The highest BCUT2D eigenvalue weighted by Crippen LogP contribution is 2.15. The van der Waals surface area contributed by atoms with Crippen LogP contribution in [0.1, 0.15) is 44.0 Å². The number of rotatable bonds is 6. The molecule has 3 rings (SSSR count). The first-order chi connectivity index (χ1) is 13.9. The summed E-state index contributed by atoms with van der Waals surface area (Å²) >= 11 is 0. The zero-order valence-corrected chi connectivity index (χ0v) is 19.4. The van der Waals surface area contributed by atoms with Crippen LogP contribution in [0, 0.1) is 0 Å². The average molecular weight is 448 g/mol. The molecule has 0 bridgehead atoms. The number of pyridine rings is 1. The minimum absolute atomic E-state index is 0. The van der Waals surface area contributed by atoms with Crippen molar-refractivity contribution in [2.45, 2.75) is 33.6 Å². The lowest BCUT2D eigenvalue weighted by atomic mass is 10.1. The van der Waals surface area contributed by atoms with Crippen molar-refractivity contribution < 1.29 is 10.3 Å². The number of aromatic nitrogens is 1. The van der Waals surface area contributed by atoms with E-state index in [0.717, 1.165) is 56.5 Å². The van der Waals surface area contributed by atoms with Gasteiger partial charge in [0, 0.05) is 49.9 Å². The van der Waals surface area contributed by atoms with Crippen LogP contribution in [0.4, 0.5) is 0 Å². The molecule has 0 unspecified atom stereocenters. The van der Waals surface area contributed by atoms with E-state index in [1.54, 1.807) is 12.1 Å². The number of fused-ring (bicyclic) bond motifs is 1. The van der Waals surface area contributed by atoms with Gasteiger partial charge in [0.1, 0.15) is 0 Å². The second-order valence-corrected chi connectivity index (χ2v) is 8.09. The summed E-state index contributed by atoms with van der Waals surface area (Å²) in [5, 5.41) is 0.878. The van der Waals surface area contributed by atoms with Gasteiger partial charge in [-0.25, -0.2) is 0 Å². The molecule has 1 saturated heterocycles. The number of hydrogen-bond donors (Lipinski definition) is 1. The number of allylic oxidation sites excluding steroid dienone is 3. The van der Waals surface area contributed by atoms with Crippen molar-refractivity contribution >= 4 is 29.2 Å². The highest BCUT2D eigenvalue weighted by molar-refractivity contribution is 5.98. The van der Waals surface area contributed by atoms with Crippen LogP contribution < -0.4 is 5.56 Å². The molecule has 31 heavy (non-hydrogen) atoms. The number of piperazine rings is 1. The van der Waals surface area contributed by atoms with E-state index in [0.29, 0.717) is 5.56 Å². The molecule has 0 radical (unpaired) electrons. The summed E-state index contributed by atoms with van der Waals surface area (Å²) in [4.78, 5) is 31.4. The molecule has 1 aliphatic heterocycles. The van der Waals surface area contributed by atoms with Gasteiger partial charge >= 0.3 is 0 Å². The van der Waals surface area contributed by atoms with E-state index in [1.807, 2.05) is 17.0 Å². The molecule has 3 N–H and O–H groups in total. The van der Waals surface area contributed by atoms with Crippen molar-refractivity contribution in [3.63, 3.8) is 0 Å². The molecule has 0 saturated carbocycles. The van der Waals surface area contributed by atoms with Crippen LogP contribution in [0.3, 0.4) is 0 Å². The van der Waals surface area contributed by atoms with Gasteiger partial charge in [-0.05, 0) is 63.3 Å². The van der Waals surface area contributed by atoms with Crippen LogP contribution in [-0.4, -0.2) is 58.9 Å². The van der Waals surface area contributed by atoms with Crippen LogP contribution in [0.5, 0.6) is 0 Å². The van der Waals surface area contributed by atoms with Gasteiger partial charge in [-0.1, -0.05) is 23.3 Å². The Morgan fingerprint density at radius 3 is 2.42 bits per heavy atom. The fourth-order valence-corrected chi connectivity index (χ4v) is 3.58. The number of hydrogen-bond acceptors (Lipinski definition) is 3. The Morgan fingerprint density at radius 1 is 1.03 bits per heavy atom. The number of nitrogens with zero attached hydrogens (tertiary/aromatic N) is 2. The summed E-state index contributed by atoms with van der Waals surface area (Å²) in [6, 6.07) is 8.72. The lowest BCUT2D eigenvalue weighted by molar-refractivity contribution is 0.0650. The highest BCUT2D eigenvalue weighted by Gasteiger charge is 2.21. The maximum Gasteiger partial charge on any atom is 0.253 e. The van der Waals surface area contributed by atoms with Gasteiger partial charge < -0.3 is 15.4 Å². The summed E-state index contributed by atoms with van der Waals surface area (Å²) in [5.41, 5.74) is 4.10. The Balaban J connectivity index is 0.00000240. The van der Waals surface area contributed by atoms with Gasteiger partial charge in [0.15, 0.2) is 0 Å². The van der Waals surface area contributed by atoms with Crippen LogP contribution >= 0.6 is 12.4 Å². The van der Waals surface area contributed by atoms with E-state index < -0.39 is 0 Å². The zero-order chi connectivity index (χ0) is 20.8. The predicted molar refractivity (Wildman–Crippen MR) is 130 cm³/mol. The molecule has 1 amide bonds. The molecule has 0 spiro atoms. The lowest BCUT2D eigenvalue weighted by Gasteiger charge is -2.34. The van der Waals surface area contributed by atoms with E-state index in [-0.39, 0.29) is 29.3 Å². The van der Waals surface area contributed by atoms with E-state index in [9.17, 15) is 9.59 Å². The van der Waals surface area contributed by atoms with Crippen LogP contribution in [-0.2, 0) is 0 Å². The minimum atomic E-state index is -0.131. The smallest absolute Gasteiger partial charge is 0.253 e.